The van der Waals surface area contributed by atoms with Crippen molar-refractivity contribution in [2.45, 2.75) is 13.0 Å². The van der Waals surface area contributed by atoms with Gasteiger partial charge in [-0.2, -0.15) is 0 Å². The fourth-order valence-electron chi connectivity index (χ4n) is 1.31. The highest BCUT2D eigenvalue weighted by Crippen LogP contribution is 2.08. The normalized spacial score (nSPS) is 12.1. The Hall–Kier alpha value is -1.39. The number of rotatable bonds is 6. The van der Waals surface area contributed by atoms with Gasteiger partial charge in [-0.05, 0) is 12.5 Å². The number of hydrogen-bond donors (Lipinski definition) is 2. The van der Waals surface area contributed by atoms with Gasteiger partial charge in [0.25, 0.3) is 0 Å². The minimum absolute atomic E-state index is 0.175. The maximum absolute atomic E-state index is 11.6. The summed E-state index contributed by atoms with van der Waals surface area (Å²) in [5, 5.41) is 2.73. The number of carbonyl (C=O) groups is 1. The first-order chi connectivity index (χ1) is 7.75. The molecule has 0 fully saturated rings. The maximum Gasteiger partial charge on any atom is 0.241 e. The topological polar surface area (TPSA) is 64.3 Å². The molecule has 1 atom stereocenters. The van der Waals surface area contributed by atoms with Crippen molar-refractivity contribution >= 4 is 5.91 Å². The molecule has 0 spiro atoms. The van der Waals surface area contributed by atoms with Crippen LogP contribution in [0.15, 0.2) is 30.3 Å². The SMILES string of the molecule is CCOCCNC(=O)C(N)c1ccccc1. The lowest BCUT2D eigenvalue weighted by molar-refractivity contribution is -0.122. The van der Waals surface area contributed by atoms with Crippen molar-refractivity contribution in [2.75, 3.05) is 19.8 Å². The van der Waals surface area contributed by atoms with Crippen molar-refractivity contribution in [3.05, 3.63) is 35.9 Å². The van der Waals surface area contributed by atoms with Crippen LogP contribution in [0.3, 0.4) is 0 Å². The Morgan fingerprint density at radius 3 is 2.75 bits per heavy atom. The molecule has 4 heteroatoms. The van der Waals surface area contributed by atoms with E-state index in [2.05, 4.69) is 5.32 Å². The first-order valence-corrected chi connectivity index (χ1v) is 5.41. The number of benzene rings is 1. The molecule has 0 aromatic heterocycles. The van der Waals surface area contributed by atoms with Crippen LogP contribution in [0.5, 0.6) is 0 Å². The first-order valence-electron chi connectivity index (χ1n) is 5.41. The molecule has 0 radical (unpaired) electrons. The molecule has 0 aliphatic heterocycles. The zero-order chi connectivity index (χ0) is 11.8. The molecule has 0 aliphatic carbocycles. The van der Waals surface area contributed by atoms with E-state index in [1.54, 1.807) is 0 Å². The van der Waals surface area contributed by atoms with E-state index in [9.17, 15) is 4.79 Å². The summed E-state index contributed by atoms with van der Waals surface area (Å²) in [7, 11) is 0. The maximum atomic E-state index is 11.6. The molecule has 0 bridgehead atoms. The van der Waals surface area contributed by atoms with E-state index in [-0.39, 0.29) is 5.91 Å². The average molecular weight is 222 g/mol. The molecule has 1 amide bonds. The summed E-state index contributed by atoms with van der Waals surface area (Å²) in [6.07, 6.45) is 0. The lowest BCUT2D eigenvalue weighted by Gasteiger charge is -2.12. The fourth-order valence-corrected chi connectivity index (χ4v) is 1.31. The molecule has 16 heavy (non-hydrogen) atoms. The minimum atomic E-state index is -0.608. The molecule has 4 nitrogen and oxygen atoms in total. The van der Waals surface area contributed by atoms with E-state index in [0.29, 0.717) is 19.8 Å². The van der Waals surface area contributed by atoms with E-state index in [0.717, 1.165) is 5.56 Å². The van der Waals surface area contributed by atoms with Crippen molar-refractivity contribution in [2.24, 2.45) is 5.73 Å². The van der Waals surface area contributed by atoms with Crippen molar-refractivity contribution < 1.29 is 9.53 Å². The van der Waals surface area contributed by atoms with Crippen LogP contribution in [0.25, 0.3) is 0 Å². The summed E-state index contributed by atoms with van der Waals surface area (Å²) in [5.74, 6) is -0.175. The van der Waals surface area contributed by atoms with Crippen molar-refractivity contribution in [3.63, 3.8) is 0 Å². The van der Waals surface area contributed by atoms with Gasteiger partial charge in [0.2, 0.25) is 5.91 Å². The second-order valence-corrected chi connectivity index (χ2v) is 3.38. The monoisotopic (exact) mass is 222 g/mol. The van der Waals surface area contributed by atoms with Crippen LogP contribution in [0, 0.1) is 0 Å². The zero-order valence-electron chi connectivity index (χ0n) is 9.48. The van der Waals surface area contributed by atoms with E-state index >= 15 is 0 Å². The molecule has 88 valence electrons. The third-order valence-electron chi connectivity index (χ3n) is 2.19. The molecular weight excluding hydrogens is 204 g/mol. The molecule has 3 N–H and O–H groups in total. The number of nitrogens with two attached hydrogens (primary N) is 1. The second-order valence-electron chi connectivity index (χ2n) is 3.38. The molecule has 1 unspecified atom stereocenters. The molecule has 1 aromatic carbocycles. The Labute approximate surface area is 95.8 Å². The van der Waals surface area contributed by atoms with Crippen molar-refractivity contribution in [3.8, 4) is 0 Å². The quantitative estimate of drug-likeness (QED) is 0.701. The van der Waals surface area contributed by atoms with Gasteiger partial charge in [0.1, 0.15) is 6.04 Å². The van der Waals surface area contributed by atoms with Crippen LogP contribution in [0.2, 0.25) is 0 Å². The predicted octanol–water partition coefficient (Wildman–Crippen LogP) is 0.839. The Morgan fingerprint density at radius 2 is 2.12 bits per heavy atom. The third kappa shape index (κ3) is 4.00. The van der Waals surface area contributed by atoms with Gasteiger partial charge in [-0.1, -0.05) is 30.3 Å². The van der Waals surface area contributed by atoms with E-state index in [1.165, 1.54) is 0 Å². The van der Waals surface area contributed by atoms with Gasteiger partial charge in [0.15, 0.2) is 0 Å². The summed E-state index contributed by atoms with van der Waals surface area (Å²) in [6, 6.07) is 8.69. The number of amides is 1. The highest BCUT2D eigenvalue weighted by Gasteiger charge is 2.14. The predicted molar refractivity (Wildman–Crippen MR) is 62.9 cm³/mol. The van der Waals surface area contributed by atoms with Crippen LogP contribution in [-0.4, -0.2) is 25.7 Å². The molecule has 1 rings (SSSR count). The molecule has 0 aliphatic rings. The lowest BCUT2D eigenvalue weighted by Crippen LogP contribution is -2.35. The summed E-state index contributed by atoms with van der Waals surface area (Å²) in [5.41, 5.74) is 6.62. The number of hydrogen-bond acceptors (Lipinski definition) is 3. The summed E-state index contributed by atoms with van der Waals surface area (Å²) in [4.78, 5) is 11.6. The Balaban J connectivity index is 2.37. The number of ether oxygens (including phenoxy) is 1. The van der Waals surface area contributed by atoms with Crippen LogP contribution in [-0.2, 0) is 9.53 Å². The Kier molecular flexibility index (Phi) is 5.53. The van der Waals surface area contributed by atoms with Crippen molar-refractivity contribution in [1.29, 1.82) is 0 Å². The van der Waals surface area contributed by atoms with Gasteiger partial charge in [-0.25, -0.2) is 0 Å². The van der Waals surface area contributed by atoms with Crippen LogP contribution < -0.4 is 11.1 Å². The number of nitrogens with one attached hydrogen (secondary N) is 1. The summed E-state index contributed by atoms with van der Waals surface area (Å²) < 4.78 is 5.11. The van der Waals surface area contributed by atoms with Crippen molar-refractivity contribution in [1.82, 2.24) is 5.32 Å². The Bertz CT molecular complexity index is 314. The summed E-state index contributed by atoms with van der Waals surface area (Å²) >= 11 is 0. The van der Waals surface area contributed by atoms with Gasteiger partial charge >= 0.3 is 0 Å². The standard InChI is InChI=1S/C12H18N2O2/c1-2-16-9-8-14-12(15)11(13)10-6-4-3-5-7-10/h3-7,11H,2,8-9,13H2,1H3,(H,14,15). The van der Waals surface area contributed by atoms with Crippen LogP contribution in [0.4, 0.5) is 0 Å². The van der Waals surface area contributed by atoms with Gasteiger partial charge in [0.05, 0.1) is 6.61 Å². The highest BCUT2D eigenvalue weighted by molar-refractivity contribution is 5.82. The van der Waals surface area contributed by atoms with Crippen LogP contribution >= 0.6 is 0 Å². The zero-order valence-corrected chi connectivity index (χ0v) is 9.48. The van der Waals surface area contributed by atoms with E-state index in [4.69, 9.17) is 10.5 Å². The van der Waals surface area contributed by atoms with Gasteiger partial charge in [-0.3, -0.25) is 4.79 Å². The fraction of sp³-hybridized carbons (Fsp3) is 0.417. The third-order valence-corrected chi connectivity index (χ3v) is 2.19. The molecule has 0 saturated carbocycles. The summed E-state index contributed by atoms with van der Waals surface area (Å²) in [6.45, 7) is 3.58. The van der Waals surface area contributed by atoms with E-state index in [1.807, 2.05) is 37.3 Å². The number of carbonyl (C=O) groups excluding carboxylic acids is 1. The Morgan fingerprint density at radius 1 is 1.44 bits per heavy atom. The average Bonchev–Trinajstić information content (AvgIpc) is 2.34. The largest absolute Gasteiger partial charge is 0.380 e. The van der Waals surface area contributed by atoms with E-state index < -0.39 is 6.04 Å². The minimum Gasteiger partial charge on any atom is -0.380 e. The molecule has 0 saturated heterocycles. The molecular formula is C12H18N2O2. The molecule has 0 heterocycles. The molecule has 1 aromatic rings. The van der Waals surface area contributed by atoms with Gasteiger partial charge in [0, 0.05) is 13.2 Å². The smallest absolute Gasteiger partial charge is 0.241 e. The van der Waals surface area contributed by atoms with Gasteiger partial charge < -0.3 is 15.8 Å². The lowest BCUT2D eigenvalue weighted by atomic mass is 10.1. The van der Waals surface area contributed by atoms with Crippen LogP contribution in [0.1, 0.15) is 18.5 Å². The van der Waals surface area contributed by atoms with Gasteiger partial charge in [-0.15, -0.1) is 0 Å². The second kappa shape index (κ2) is 6.98. The first kappa shape index (κ1) is 12.7. The highest BCUT2D eigenvalue weighted by atomic mass is 16.5.